The van der Waals surface area contributed by atoms with E-state index in [2.05, 4.69) is 70.7 Å². The average Bonchev–Trinajstić information content (AvgIpc) is 3.02. The van der Waals surface area contributed by atoms with Gasteiger partial charge in [0.05, 0.1) is 18.2 Å². The predicted octanol–water partition coefficient (Wildman–Crippen LogP) is 3.62. The average molecular weight is 261 g/mol. The zero-order chi connectivity index (χ0) is 14.4. The molecule has 0 radical (unpaired) electrons. The third kappa shape index (κ3) is 2.85. The molecule has 0 aliphatic carbocycles. The van der Waals surface area contributed by atoms with Crippen LogP contribution in [-0.2, 0) is 0 Å². The fraction of sp³-hybridized carbons (Fsp3) is 0.647. The molecule has 19 heavy (non-hydrogen) atoms. The van der Waals surface area contributed by atoms with E-state index in [1.807, 2.05) is 6.07 Å². The molecule has 1 aromatic rings. The fourth-order valence-corrected chi connectivity index (χ4v) is 2.96. The Labute approximate surface area is 117 Å². The highest BCUT2D eigenvalue weighted by Crippen LogP contribution is 2.52. The third-order valence-electron chi connectivity index (χ3n) is 3.98. The lowest BCUT2D eigenvalue weighted by Crippen LogP contribution is -2.37. The van der Waals surface area contributed by atoms with Crippen molar-refractivity contribution in [3.05, 3.63) is 35.9 Å². The summed E-state index contributed by atoms with van der Waals surface area (Å²) in [7, 11) is 0. The quantitative estimate of drug-likeness (QED) is 0.822. The van der Waals surface area contributed by atoms with Crippen molar-refractivity contribution in [3.8, 4) is 0 Å². The van der Waals surface area contributed by atoms with Crippen molar-refractivity contribution in [2.45, 2.75) is 65.3 Å². The summed E-state index contributed by atoms with van der Waals surface area (Å²) in [4.78, 5) is 2.43. The van der Waals surface area contributed by atoms with E-state index in [0.717, 1.165) is 0 Å². The van der Waals surface area contributed by atoms with Crippen molar-refractivity contribution in [1.82, 2.24) is 4.90 Å². The first kappa shape index (κ1) is 14.5. The number of aliphatic hydroxyl groups excluding tert-OH is 1. The predicted molar refractivity (Wildman–Crippen MR) is 80.0 cm³/mol. The van der Waals surface area contributed by atoms with Crippen molar-refractivity contribution in [2.75, 3.05) is 0 Å². The van der Waals surface area contributed by atoms with Crippen LogP contribution in [0.1, 0.15) is 53.1 Å². The van der Waals surface area contributed by atoms with E-state index >= 15 is 0 Å². The lowest BCUT2D eigenvalue weighted by Gasteiger charge is -2.29. The molecule has 2 unspecified atom stereocenters. The van der Waals surface area contributed by atoms with Crippen LogP contribution in [0.25, 0.3) is 0 Å². The van der Waals surface area contributed by atoms with Crippen molar-refractivity contribution in [3.63, 3.8) is 0 Å². The number of hydrogen-bond acceptors (Lipinski definition) is 2. The number of hydrogen-bond donors (Lipinski definition) is 1. The zero-order valence-electron chi connectivity index (χ0n) is 13.0. The van der Waals surface area contributed by atoms with E-state index in [0.29, 0.717) is 6.04 Å². The number of nitrogens with zero attached hydrogens (tertiary/aromatic N) is 1. The molecule has 1 aliphatic heterocycles. The maximum Gasteiger partial charge on any atom is 0.0762 e. The van der Waals surface area contributed by atoms with Gasteiger partial charge in [-0.15, -0.1) is 0 Å². The first-order valence-electron chi connectivity index (χ1n) is 7.15. The Morgan fingerprint density at radius 3 is 1.95 bits per heavy atom. The summed E-state index contributed by atoms with van der Waals surface area (Å²) in [5.41, 5.74) is 1.31. The Morgan fingerprint density at radius 2 is 1.53 bits per heavy atom. The van der Waals surface area contributed by atoms with Gasteiger partial charge < -0.3 is 5.11 Å². The van der Waals surface area contributed by atoms with Gasteiger partial charge in [0, 0.05) is 5.54 Å². The molecule has 0 bridgehead atoms. The van der Waals surface area contributed by atoms with Crippen molar-refractivity contribution in [1.29, 1.82) is 0 Å². The molecule has 0 amide bonds. The summed E-state index contributed by atoms with van der Waals surface area (Å²) in [6.45, 7) is 13.0. The van der Waals surface area contributed by atoms with Crippen LogP contribution in [0.5, 0.6) is 0 Å². The van der Waals surface area contributed by atoms with Crippen molar-refractivity contribution < 1.29 is 5.11 Å². The lowest BCUT2D eigenvalue weighted by molar-refractivity contribution is 0.0421. The zero-order valence-corrected chi connectivity index (χ0v) is 13.0. The van der Waals surface area contributed by atoms with Gasteiger partial charge in [0.15, 0.2) is 0 Å². The molecule has 2 nitrogen and oxygen atoms in total. The Kier molecular flexibility index (Phi) is 3.53. The molecule has 2 heteroatoms. The van der Waals surface area contributed by atoms with Gasteiger partial charge in [-0.2, -0.15) is 0 Å². The van der Waals surface area contributed by atoms with E-state index in [4.69, 9.17) is 0 Å². The molecular weight excluding hydrogens is 234 g/mol. The highest BCUT2D eigenvalue weighted by atomic mass is 16.3. The van der Waals surface area contributed by atoms with Gasteiger partial charge in [-0.1, -0.05) is 51.1 Å². The van der Waals surface area contributed by atoms with E-state index in [1.54, 1.807) is 0 Å². The van der Waals surface area contributed by atoms with Crippen LogP contribution in [0.2, 0.25) is 0 Å². The highest BCUT2D eigenvalue weighted by molar-refractivity contribution is 5.30. The maximum atomic E-state index is 10.6. The molecule has 106 valence electrons. The molecule has 1 heterocycles. The molecule has 2 rings (SSSR count). The number of aliphatic hydroxyl groups is 1. The first-order chi connectivity index (χ1) is 8.64. The minimum atomic E-state index is -0.308. The molecule has 0 saturated carbocycles. The molecule has 1 N–H and O–H groups in total. The molecule has 1 fully saturated rings. The van der Waals surface area contributed by atoms with Gasteiger partial charge in [-0.3, -0.25) is 4.90 Å². The van der Waals surface area contributed by atoms with E-state index in [9.17, 15) is 5.11 Å². The van der Waals surface area contributed by atoms with Crippen molar-refractivity contribution in [2.24, 2.45) is 5.41 Å². The van der Waals surface area contributed by atoms with Crippen LogP contribution < -0.4 is 0 Å². The molecule has 4 atom stereocenters. The van der Waals surface area contributed by atoms with Gasteiger partial charge in [-0.05, 0) is 31.7 Å². The second-order valence-corrected chi connectivity index (χ2v) is 7.74. The minimum Gasteiger partial charge on any atom is -0.391 e. The van der Waals surface area contributed by atoms with Crippen LogP contribution in [0.3, 0.4) is 0 Å². The summed E-state index contributed by atoms with van der Waals surface area (Å²) in [5.74, 6) is 0. The normalized spacial score (nSPS) is 29.1. The van der Waals surface area contributed by atoms with Crippen LogP contribution in [0.4, 0.5) is 0 Å². The number of benzene rings is 1. The monoisotopic (exact) mass is 261 g/mol. The Hall–Kier alpha value is -0.860. The first-order valence-corrected chi connectivity index (χ1v) is 7.15. The summed E-state index contributed by atoms with van der Waals surface area (Å²) in [6, 6.07) is 11.1. The van der Waals surface area contributed by atoms with Gasteiger partial charge in [0.25, 0.3) is 0 Å². The molecule has 0 aromatic heterocycles. The number of rotatable bonds is 2. The van der Waals surface area contributed by atoms with Crippen molar-refractivity contribution >= 4 is 0 Å². The molecule has 1 aromatic carbocycles. The summed E-state index contributed by atoms with van der Waals surface area (Å²) in [5, 5.41) is 10.6. The summed E-state index contributed by atoms with van der Waals surface area (Å²) in [6.07, 6.45) is -0.308. The Morgan fingerprint density at radius 1 is 1.00 bits per heavy atom. The van der Waals surface area contributed by atoms with Crippen LogP contribution in [-0.4, -0.2) is 27.7 Å². The standard InChI is InChI=1S/C17H27NO/c1-16(2,3)15(19)14-13(18(14)17(4,5)6)12-10-8-7-9-11-12/h7-11,13-15,19H,1-6H3/t13-,14-,15?,18?/m0/s1. The van der Waals surface area contributed by atoms with E-state index in [1.165, 1.54) is 5.56 Å². The molecule has 1 aliphatic rings. The highest BCUT2D eigenvalue weighted by Gasteiger charge is 2.58. The summed E-state index contributed by atoms with van der Waals surface area (Å²) >= 11 is 0. The van der Waals surface area contributed by atoms with Crippen LogP contribution in [0.15, 0.2) is 30.3 Å². The summed E-state index contributed by atoms with van der Waals surface area (Å²) < 4.78 is 0. The molecular formula is C17H27NO. The maximum absolute atomic E-state index is 10.6. The fourth-order valence-electron chi connectivity index (χ4n) is 2.96. The lowest BCUT2D eigenvalue weighted by atomic mass is 9.85. The molecule has 1 saturated heterocycles. The van der Waals surface area contributed by atoms with Gasteiger partial charge in [-0.25, -0.2) is 0 Å². The largest absolute Gasteiger partial charge is 0.391 e. The topological polar surface area (TPSA) is 23.2 Å². The third-order valence-corrected chi connectivity index (χ3v) is 3.98. The smallest absolute Gasteiger partial charge is 0.0762 e. The van der Waals surface area contributed by atoms with Gasteiger partial charge in [0.2, 0.25) is 0 Å². The molecule has 0 spiro atoms. The van der Waals surface area contributed by atoms with Crippen LogP contribution in [0, 0.1) is 5.41 Å². The van der Waals surface area contributed by atoms with E-state index < -0.39 is 0 Å². The Bertz CT molecular complexity index is 427. The second kappa shape index (κ2) is 4.60. The Balaban J connectivity index is 2.28. The van der Waals surface area contributed by atoms with Gasteiger partial charge >= 0.3 is 0 Å². The van der Waals surface area contributed by atoms with Gasteiger partial charge in [0.1, 0.15) is 0 Å². The van der Waals surface area contributed by atoms with E-state index in [-0.39, 0.29) is 23.1 Å². The van der Waals surface area contributed by atoms with Crippen LogP contribution >= 0.6 is 0 Å². The SMILES string of the molecule is CC(C)(C)C(O)[C@@H]1[C@H](c2ccccc2)N1C(C)(C)C. The second-order valence-electron chi connectivity index (χ2n) is 7.74. The minimum absolute atomic E-state index is 0.0808.